The molecular formula is C15H14ClN3O2. The zero-order valence-electron chi connectivity index (χ0n) is 11.4. The quantitative estimate of drug-likeness (QED) is 0.776. The summed E-state index contributed by atoms with van der Waals surface area (Å²) in [6.07, 6.45) is 1.57. The SMILES string of the molecule is C[C@H](NCc1nnc(-c2ccco2)o1)c1ccc(Cl)cc1. The Bertz CT molecular complexity index is 692. The predicted octanol–water partition coefficient (Wildman–Crippen LogP) is 3.83. The zero-order valence-corrected chi connectivity index (χ0v) is 12.2. The molecule has 6 heteroatoms. The average molecular weight is 304 g/mol. The highest BCUT2D eigenvalue weighted by Crippen LogP contribution is 2.19. The summed E-state index contributed by atoms with van der Waals surface area (Å²) in [5.41, 5.74) is 1.14. The Labute approximate surface area is 126 Å². The maximum Gasteiger partial charge on any atom is 0.283 e. The van der Waals surface area contributed by atoms with Crippen molar-refractivity contribution < 1.29 is 8.83 Å². The van der Waals surface area contributed by atoms with Gasteiger partial charge in [0, 0.05) is 11.1 Å². The van der Waals surface area contributed by atoms with Crippen LogP contribution in [-0.4, -0.2) is 10.2 Å². The van der Waals surface area contributed by atoms with Crippen molar-refractivity contribution in [1.29, 1.82) is 0 Å². The highest BCUT2D eigenvalue weighted by molar-refractivity contribution is 6.30. The fraction of sp³-hybridized carbons (Fsp3) is 0.200. The van der Waals surface area contributed by atoms with E-state index in [0.29, 0.717) is 24.1 Å². The van der Waals surface area contributed by atoms with Crippen molar-refractivity contribution in [3.63, 3.8) is 0 Å². The van der Waals surface area contributed by atoms with Crippen molar-refractivity contribution in [3.05, 3.63) is 59.1 Å². The number of benzene rings is 1. The van der Waals surface area contributed by atoms with Gasteiger partial charge in [0.15, 0.2) is 5.76 Å². The minimum Gasteiger partial charge on any atom is -0.459 e. The standard InChI is InChI=1S/C15H14ClN3O2/c1-10(11-4-6-12(16)7-5-11)17-9-14-18-19-15(21-14)13-3-2-8-20-13/h2-8,10,17H,9H2,1H3/t10-/m0/s1. The highest BCUT2D eigenvalue weighted by atomic mass is 35.5. The number of furan rings is 1. The largest absolute Gasteiger partial charge is 0.459 e. The number of hydrogen-bond donors (Lipinski definition) is 1. The first-order valence-corrected chi connectivity index (χ1v) is 6.95. The molecule has 0 aliphatic carbocycles. The number of nitrogens with zero attached hydrogens (tertiary/aromatic N) is 2. The van der Waals surface area contributed by atoms with Crippen molar-refractivity contribution in [2.45, 2.75) is 19.5 Å². The Morgan fingerprint density at radius 1 is 1.19 bits per heavy atom. The van der Waals surface area contributed by atoms with Crippen LogP contribution in [0.25, 0.3) is 11.7 Å². The molecule has 0 unspecified atom stereocenters. The molecule has 1 N–H and O–H groups in total. The minimum absolute atomic E-state index is 0.154. The second kappa shape index (κ2) is 6.11. The lowest BCUT2D eigenvalue weighted by Gasteiger charge is -2.12. The van der Waals surface area contributed by atoms with Gasteiger partial charge in [-0.15, -0.1) is 10.2 Å². The van der Waals surface area contributed by atoms with Gasteiger partial charge in [0.05, 0.1) is 12.8 Å². The van der Waals surface area contributed by atoms with Gasteiger partial charge < -0.3 is 14.2 Å². The van der Waals surface area contributed by atoms with Gasteiger partial charge in [-0.05, 0) is 36.8 Å². The van der Waals surface area contributed by atoms with E-state index in [1.165, 1.54) is 0 Å². The summed E-state index contributed by atoms with van der Waals surface area (Å²) in [7, 11) is 0. The fourth-order valence-corrected chi connectivity index (χ4v) is 2.06. The lowest BCUT2D eigenvalue weighted by molar-refractivity contribution is 0.443. The van der Waals surface area contributed by atoms with E-state index in [2.05, 4.69) is 22.4 Å². The van der Waals surface area contributed by atoms with Crippen LogP contribution in [0.5, 0.6) is 0 Å². The van der Waals surface area contributed by atoms with Gasteiger partial charge in [0.1, 0.15) is 0 Å². The molecule has 3 rings (SSSR count). The van der Waals surface area contributed by atoms with Crippen molar-refractivity contribution in [1.82, 2.24) is 15.5 Å². The van der Waals surface area contributed by atoms with Crippen LogP contribution in [0.1, 0.15) is 24.4 Å². The Morgan fingerprint density at radius 3 is 2.71 bits per heavy atom. The molecule has 21 heavy (non-hydrogen) atoms. The summed E-state index contributed by atoms with van der Waals surface area (Å²) in [4.78, 5) is 0. The lowest BCUT2D eigenvalue weighted by atomic mass is 10.1. The number of aromatic nitrogens is 2. The Kier molecular flexibility index (Phi) is 4.03. The maximum absolute atomic E-state index is 5.88. The van der Waals surface area contributed by atoms with Crippen LogP contribution in [0.4, 0.5) is 0 Å². The zero-order chi connectivity index (χ0) is 14.7. The van der Waals surface area contributed by atoms with E-state index < -0.39 is 0 Å². The van der Waals surface area contributed by atoms with E-state index in [-0.39, 0.29) is 6.04 Å². The van der Waals surface area contributed by atoms with Crippen molar-refractivity contribution >= 4 is 11.6 Å². The van der Waals surface area contributed by atoms with Crippen molar-refractivity contribution in [2.24, 2.45) is 0 Å². The van der Waals surface area contributed by atoms with Gasteiger partial charge in [0.2, 0.25) is 5.89 Å². The molecule has 1 atom stereocenters. The van der Waals surface area contributed by atoms with Crippen LogP contribution in [-0.2, 0) is 6.54 Å². The first-order valence-electron chi connectivity index (χ1n) is 6.57. The normalized spacial score (nSPS) is 12.5. The van der Waals surface area contributed by atoms with Gasteiger partial charge in [-0.3, -0.25) is 0 Å². The smallest absolute Gasteiger partial charge is 0.283 e. The van der Waals surface area contributed by atoms with Gasteiger partial charge in [0.25, 0.3) is 5.89 Å². The van der Waals surface area contributed by atoms with Crippen LogP contribution in [0.2, 0.25) is 5.02 Å². The maximum atomic E-state index is 5.88. The van der Waals surface area contributed by atoms with Gasteiger partial charge >= 0.3 is 0 Å². The Hall–Kier alpha value is -2.11. The average Bonchev–Trinajstić information content (AvgIpc) is 3.16. The molecule has 2 heterocycles. The Balaban J connectivity index is 1.61. The third-order valence-electron chi connectivity index (χ3n) is 3.13. The molecule has 0 saturated heterocycles. The van der Waals surface area contributed by atoms with E-state index >= 15 is 0 Å². The van der Waals surface area contributed by atoms with Crippen LogP contribution >= 0.6 is 11.6 Å². The fourth-order valence-electron chi connectivity index (χ4n) is 1.93. The number of rotatable bonds is 5. The van der Waals surface area contributed by atoms with E-state index in [1.807, 2.05) is 24.3 Å². The van der Waals surface area contributed by atoms with Crippen LogP contribution < -0.4 is 5.32 Å². The lowest BCUT2D eigenvalue weighted by Crippen LogP contribution is -2.18. The topological polar surface area (TPSA) is 64.1 Å². The van der Waals surface area contributed by atoms with Gasteiger partial charge in [-0.2, -0.15) is 0 Å². The van der Waals surface area contributed by atoms with E-state index in [9.17, 15) is 0 Å². The van der Waals surface area contributed by atoms with Gasteiger partial charge in [-0.25, -0.2) is 0 Å². The molecule has 0 spiro atoms. The third-order valence-corrected chi connectivity index (χ3v) is 3.38. The van der Waals surface area contributed by atoms with E-state index in [4.69, 9.17) is 20.4 Å². The number of nitrogens with one attached hydrogen (secondary N) is 1. The van der Waals surface area contributed by atoms with Crippen LogP contribution in [0.3, 0.4) is 0 Å². The molecule has 0 fully saturated rings. The molecule has 0 saturated carbocycles. The molecule has 2 aromatic heterocycles. The summed E-state index contributed by atoms with van der Waals surface area (Å²) in [5, 5.41) is 12.0. The van der Waals surface area contributed by atoms with Crippen LogP contribution in [0.15, 0.2) is 51.5 Å². The van der Waals surface area contributed by atoms with Crippen molar-refractivity contribution in [3.8, 4) is 11.7 Å². The third kappa shape index (κ3) is 3.32. The van der Waals surface area contributed by atoms with Gasteiger partial charge in [-0.1, -0.05) is 23.7 Å². The first kappa shape index (κ1) is 13.9. The van der Waals surface area contributed by atoms with Crippen molar-refractivity contribution in [2.75, 3.05) is 0 Å². The minimum atomic E-state index is 0.154. The number of hydrogen-bond acceptors (Lipinski definition) is 5. The number of halogens is 1. The molecule has 108 valence electrons. The van der Waals surface area contributed by atoms with E-state index in [0.717, 1.165) is 10.6 Å². The summed E-state index contributed by atoms with van der Waals surface area (Å²) >= 11 is 5.88. The molecule has 0 amide bonds. The second-order valence-electron chi connectivity index (χ2n) is 4.63. The summed E-state index contributed by atoms with van der Waals surface area (Å²) < 4.78 is 10.7. The first-order chi connectivity index (χ1) is 10.2. The highest BCUT2D eigenvalue weighted by Gasteiger charge is 2.12. The van der Waals surface area contributed by atoms with E-state index in [1.54, 1.807) is 18.4 Å². The molecule has 0 aliphatic heterocycles. The molecule has 5 nitrogen and oxygen atoms in total. The summed E-state index contributed by atoms with van der Waals surface area (Å²) in [5.74, 6) is 1.47. The molecule has 0 bridgehead atoms. The van der Waals surface area contributed by atoms with Crippen LogP contribution in [0, 0.1) is 0 Å². The molecular weight excluding hydrogens is 290 g/mol. The Morgan fingerprint density at radius 2 is 2.00 bits per heavy atom. The summed E-state index contributed by atoms with van der Waals surface area (Å²) in [6, 6.07) is 11.4. The molecule has 1 aromatic carbocycles. The molecule has 3 aromatic rings. The second-order valence-corrected chi connectivity index (χ2v) is 5.07. The molecule has 0 radical (unpaired) electrons. The predicted molar refractivity (Wildman–Crippen MR) is 78.7 cm³/mol. The summed E-state index contributed by atoms with van der Waals surface area (Å²) in [6.45, 7) is 2.55. The monoisotopic (exact) mass is 303 g/mol. The molecule has 0 aliphatic rings.